The summed E-state index contributed by atoms with van der Waals surface area (Å²) in [4.78, 5) is 24.7. The van der Waals surface area contributed by atoms with Crippen LogP contribution in [0.1, 0.15) is 54.9 Å². The van der Waals surface area contributed by atoms with Crippen LogP contribution in [-0.4, -0.2) is 34.9 Å². The van der Waals surface area contributed by atoms with Crippen LogP contribution in [0.15, 0.2) is 108 Å². The molecule has 0 spiro atoms. The number of hydrogen-bond acceptors (Lipinski definition) is 7. The van der Waals surface area contributed by atoms with Gasteiger partial charge in [-0.05, 0) is 59.0 Å². The number of carbonyl (C=O) groups excluding carboxylic acids is 2. The van der Waals surface area contributed by atoms with E-state index in [2.05, 4.69) is 23.5 Å². The van der Waals surface area contributed by atoms with Crippen molar-refractivity contribution in [3.63, 3.8) is 0 Å². The lowest BCUT2D eigenvalue weighted by Crippen LogP contribution is -2.35. The maximum Gasteiger partial charge on any atom is 0.303 e. The molecule has 8 heteroatoms. The first kappa shape index (κ1) is 31.5. The zero-order chi connectivity index (χ0) is 30.9. The molecule has 4 aromatic rings. The number of aliphatic hydroxyl groups excluding tert-OH is 1. The minimum absolute atomic E-state index is 0.00163. The Hall–Kier alpha value is -3.95. The Labute approximate surface area is 262 Å². The van der Waals surface area contributed by atoms with Gasteiger partial charge in [0.25, 0.3) is 5.91 Å². The molecule has 1 fully saturated rings. The molecule has 1 aliphatic rings. The monoisotopic (exact) mass is 611 g/mol. The molecule has 0 bridgehead atoms. The Kier molecular flexibility index (Phi) is 10.9. The number of benzene rings is 4. The van der Waals surface area contributed by atoms with Crippen LogP contribution < -0.4 is 5.32 Å². The predicted octanol–water partition coefficient (Wildman–Crippen LogP) is 6.75. The first-order valence-electron chi connectivity index (χ1n) is 14.7. The van der Waals surface area contributed by atoms with Gasteiger partial charge in [-0.1, -0.05) is 78.9 Å². The van der Waals surface area contributed by atoms with Gasteiger partial charge >= 0.3 is 5.97 Å². The molecule has 5 rings (SSSR count). The van der Waals surface area contributed by atoms with E-state index in [-0.39, 0.29) is 24.7 Å². The highest BCUT2D eigenvalue weighted by molar-refractivity contribution is 7.99. The van der Waals surface area contributed by atoms with Gasteiger partial charge in [0.05, 0.1) is 18.8 Å². The minimum atomic E-state index is -0.853. The summed E-state index contributed by atoms with van der Waals surface area (Å²) in [6.45, 7) is 3.14. The highest BCUT2D eigenvalue weighted by atomic mass is 32.2. The van der Waals surface area contributed by atoms with Crippen molar-refractivity contribution in [2.24, 2.45) is 0 Å². The summed E-state index contributed by atoms with van der Waals surface area (Å²) in [7, 11) is 0. The molecular formula is C36H37NO6S. The molecule has 1 amide bonds. The molecule has 0 aliphatic carbocycles. The van der Waals surface area contributed by atoms with Crippen LogP contribution in [-0.2, 0) is 37.0 Å². The van der Waals surface area contributed by atoms with E-state index in [9.17, 15) is 14.7 Å². The SMILES string of the molecule is CC(=O)OC(C)C(=O)NCc1cccc(-c2cccc(C3OC(CSc4ccccc4)CC(c4ccc(CO)cc4)O3)c2)c1. The molecule has 4 atom stereocenters. The van der Waals surface area contributed by atoms with Crippen molar-refractivity contribution in [3.8, 4) is 11.1 Å². The fraction of sp³-hybridized carbons (Fsp3) is 0.278. The first-order chi connectivity index (χ1) is 21.4. The van der Waals surface area contributed by atoms with Crippen molar-refractivity contribution < 1.29 is 28.9 Å². The summed E-state index contributed by atoms with van der Waals surface area (Å²) in [5, 5.41) is 12.3. The van der Waals surface area contributed by atoms with Gasteiger partial charge in [-0.3, -0.25) is 9.59 Å². The fourth-order valence-corrected chi connectivity index (χ4v) is 6.03. The molecule has 1 aliphatic heterocycles. The number of amides is 1. The van der Waals surface area contributed by atoms with Crippen molar-refractivity contribution >= 4 is 23.6 Å². The van der Waals surface area contributed by atoms with Crippen LogP contribution in [0.3, 0.4) is 0 Å². The van der Waals surface area contributed by atoms with E-state index in [0.29, 0.717) is 6.54 Å². The molecule has 0 aromatic heterocycles. The second-order valence-electron chi connectivity index (χ2n) is 10.8. The Morgan fingerprint density at radius 2 is 1.61 bits per heavy atom. The number of thioether (sulfide) groups is 1. The van der Waals surface area contributed by atoms with Crippen molar-refractivity contribution in [1.29, 1.82) is 0 Å². The Balaban J connectivity index is 1.33. The molecule has 1 heterocycles. The van der Waals surface area contributed by atoms with E-state index in [1.54, 1.807) is 18.7 Å². The van der Waals surface area contributed by atoms with Gasteiger partial charge in [0.1, 0.15) is 0 Å². The van der Waals surface area contributed by atoms with Crippen molar-refractivity contribution in [1.82, 2.24) is 5.32 Å². The van der Waals surface area contributed by atoms with Crippen LogP contribution in [0, 0.1) is 0 Å². The van der Waals surface area contributed by atoms with Gasteiger partial charge < -0.3 is 24.6 Å². The summed E-state index contributed by atoms with van der Waals surface area (Å²) in [6.07, 6.45) is -0.885. The number of aliphatic hydroxyl groups is 1. The standard InChI is InChI=1S/C36H37NO6S/c1-24(41-25(2)39)35(40)37-21-27-8-6-9-29(18-27)30-10-7-11-31(19-30)36-42-32(23-44-33-12-4-3-5-13-33)20-34(43-36)28-16-14-26(22-38)15-17-28/h3-19,24,32,34,36,38H,20-23H2,1-2H3,(H,37,40). The molecule has 0 radical (unpaired) electrons. The second kappa shape index (κ2) is 15.2. The van der Waals surface area contributed by atoms with E-state index in [0.717, 1.165) is 45.6 Å². The summed E-state index contributed by atoms with van der Waals surface area (Å²) >= 11 is 1.77. The van der Waals surface area contributed by atoms with Crippen molar-refractivity contribution in [2.45, 2.75) is 62.9 Å². The normalized spacial score (nSPS) is 18.8. The first-order valence-corrected chi connectivity index (χ1v) is 15.7. The molecule has 0 saturated carbocycles. The van der Waals surface area contributed by atoms with Crippen LogP contribution in [0.5, 0.6) is 0 Å². The minimum Gasteiger partial charge on any atom is -0.453 e. The fourth-order valence-electron chi connectivity index (χ4n) is 5.09. The Bertz CT molecular complexity index is 1540. The third-order valence-electron chi connectivity index (χ3n) is 7.39. The molecule has 2 N–H and O–H groups in total. The smallest absolute Gasteiger partial charge is 0.303 e. The van der Waals surface area contributed by atoms with Crippen LogP contribution in [0.25, 0.3) is 11.1 Å². The molecular weight excluding hydrogens is 574 g/mol. The highest BCUT2D eigenvalue weighted by Gasteiger charge is 2.32. The molecule has 1 saturated heterocycles. The predicted molar refractivity (Wildman–Crippen MR) is 171 cm³/mol. The molecule has 7 nitrogen and oxygen atoms in total. The third-order valence-corrected chi connectivity index (χ3v) is 8.54. The number of rotatable bonds is 11. The quantitative estimate of drug-likeness (QED) is 0.143. The topological polar surface area (TPSA) is 94.1 Å². The van der Waals surface area contributed by atoms with E-state index in [1.165, 1.54) is 11.8 Å². The third kappa shape index (κ3) is 8.57. The molecule has 228 valence electrons. The van der Waals surface area contributed by atoms with Crippen LogP contribution >= 0.6 is 11.8 Å². The van der Waals surface area contributed by atoms with E-state index >= 15 is 0 Å². The zero-order valence-corrected chi connectivity index (χ0v) is 25.7. The average molecular weight is 612 g/mol. The van der Waals surface area contributed by atoms with Gasteiger partial charge in [0.2, 0.25) is 0 Å². The number of nitrogens with one attached hydrogen (secondary N) is 1. The maximum atomic E-state index is 12.3. The lowest BCUT2D eigenvalue weighted by molar-refractivity contribution is -0.245. The van der Waals surface area contributed by atoms with Gasteiger partial charge in [0, 0.05) is 36.1 Å². The summed E-state index contributed by atoms with van der Waals surface area (Å²) in [6, 6.07) is 34.3. The highest BCUT2D eigenvalue weighted by Crippen LogP contribution is 2.40. The van der Waals surface area contributed by atoms with Crippen LogP contribution in [0.4, 0.5) is 0 Å². The van der Waals surface area contributed by atoms with Gasteiger partial charge in [-0.2, -0.15) is 0 Å². The number of ether oxygens (including phenoxy) is 3. The van der Waals surface area contributed by atoms with Crippen molar-refractivity contribution in [3.05, 3.63) is 125 Å². The summed E-state index contributed by atoms with van der Waals surface area (Å²) in [5.74, 6) is -0.0501. The number of carbonyl (C=O) groups is 2. The average Bonchev–Trinajstić information content (AvgIpc) is 3.06. The van der Waals surface area contributed by atoms with Gasteiger partial charge in [-0.15, -0.1) is 11.8 Å². The number of hydrogen-bond donors (Lipinski definition) is 2. The molecule has 44 heavy (non-hydrogen) atoms. The maximum absolute atomic E-state index is 12.3. The lowest BCUT2D eigenvalue weighted by atomic mass is 9.99. The molecule has 4 aromatic carbocycles. The van der Waals surface area contributed by atoms with E-state index in [4.69, 9.17) is 14.2 Å². The lowest BCUT2D eigenvalue weighted by Gasteiger charge is -2.36. The Morgan fingerprint density at radius 3 is 2.34 bits per heavy atom. The summed E-state index contributed by atoms with van der Waals surface area (Å²) in [5.41, 5.74) is 5.75. The number of esters is 1. The van der Waals surface area contributed by atoms with E-state index in [1.807, 2.05) is 84.9 Å². The van der Waals surface area contributed by atoms with Gasteiger partial charge in [0.15, 0.2) is 12.4 Å². The summed E-state index contributed by atoms with van der Waals surface area (Å²) < 4.78 is 18.1. The Morgan fingerprint density at radius 1 is 0.886 bits per heavy atom. The van der Waals surface area contributed by atoms with Crippen molar-refractivity contribution in [2.75, 3.05) is 5.75 Å². The molecule has 4 unspecified atom stereocenters. The zero-order valence-electron chi connectivity index (χ0n) is 24.8. The second-order valence-corrected chi connectivity index (χ2v) is 11.9. The van der Waals surface area contributed by atoms with E-state index < -0.39 is 18.4 Å². The van der Waals surface area contributed by atoms with Gasteiger partial charge in [-0.25, -0.2) is 0 Å². The van der Waals surface area contributed by atoms with Crippen LogP contribution in [0.2, 0.25) is 0 Å². The largest absolute Gasteiger partial charge is 0.453 e.